The van der Waals surface area contributed by atoms with E-state index in [0.29, 0.717) is 25.7 Å². The maximum absolute atomic E-state index is 8.87. The molecule has 0 rings (SSSR count). The summed E-state index contributed by atoms with van der Waals surface area (Å²) in [5.41, 5.74) is -1.11. The Balaban J connectivity index is -0.000000284. The summed E-state index contributed by atoms with van der Waals surface area (Å²) in [4.78, 5) is 0. The molecule has 12 heteroatoms. The van der Waals surface area contributed by atoms with Crippen molar-refractivity contribution in [3.05, 3.63) is 0 Å². The van der Waals surface area contributed by atoms with Gasteiger partial charge < -0.3 is 40.9 Å². The van der Waals surface area contributed by atoms with Crippen LogP contribution >= 0.6 is 48.9 Å². The summed E-state index contributed by atoms with van der Waals surface area (Å²) < 4.78 is 0. The van der Waals surface area contributed by atoms with Gasteiger partial charge in [-0.15, -0.1) is 0 Å². The number of unbranched alkanes of at least 4 members (excludes halogenated alkanes) is 20. The fourth-order valence-corrected chi connectivity index (χ4v) is 10.0. The lowest BCUT2D eigenvalue weighted by molar-refractivity contribution is -0.0328. The van der Waals surface area contributed by atoms with E-state index in [4.69, 9.17) is 40.9 Å². The van der Waals surface area contributed by atoms with Crippen molar-refractivity contribution in [3.63, 3.8) is 0 Å². The van der Waals surface area contributed by atoms with Crippen LogP contribution in [0, 0.1) is 29.1 Å². The molecule has 0 aromatic rings. The first kappa shape index (κ1) is 85.2. The number of aliphatic hydroxyl groups is 8. The molecule has 8 nitrogen and oxygen atoms in total. The molecule has 8 N–H and O–H groups in total. The fraction of sp³-hybridized carbons (Fsp3) is 0.938. The van der Waals surface area contributed by atoms with Gasteiger partial charge in [-0.25, -0.2) is 0 Å². The molecule has 0 amide bonds. The minimum Gasteiger partial charge on any atom is -0.502 e. The summed E-state index contributed by atoms with van der Waals surface area (Å²) in [6.07, 6.45) is 55.7. The quantitative estimate of drug-likeness (QED) is 0.0215. The third-order valence-electron chi connectivity index (χ3n) is 15.5. The summed E-state index contributed by atoms with van der Waals surface area (Å²) in [6, 6.07) is 0. The van der Waals surface area contributed by atoms with Gasteiger partial charge in [-0.2, -0.15) is 0 Å². The normalized spacial score (nSPS) is 12.5. The molecule has 0 heterocycles. The Hall–Kier alpha value is -0.600. The van der Waals surface area contributed by atoms with Crippen molar-refractivity contribution in [2.24, 2.45) is 29.1 Å². The van der Waals surface area contributed by atoms with Crippen LogP contribution in [0.2, 0.25) is 0 Å². The molecule has 0 fully saturated rings. The average Bonchev–Trinajstić information content (AvgIpc) is 3.42. The van der Waals surface area contributed by atoms with Crippen LogP contribution in [0.4, 0.5) is 0 Å². The third-order valence-corrected chi connectivity index (χ3v) is 16.3. The van der Waals surface area contributed by atoms with E-state index in [1.165, 1.54) is 231 Å². The molecular formula is C65H132O8S4. The van der Waals surface area contributed by atoms with Crippen LogP contribution in [0.1, 0.15) is 338 Å². The van der Waals surface area contributed by atoms with Crippen LogP contribution < -0.4 is 0 Å². The van der Waals surface area contributed by atoms with Gasteiger partial charge >= 0.3 is 0 Å². The summed E-state index contributed by atoms with van der Waals surface area (Å²) in [6.45, 7) is 16.8. The van der Waals surface area contributed by atoms with Gasteiger partial charge in [-0.05, 0) is 98.2 Å². The SMILES string of the molecule is CCCCC(CC)CCCCCCCC(O)=S.CCCCC(CC)CCCCCCCC(O)=S.CCCCC(CC)CCCCCCCC(O)=S.CCCCC(CC)CCCCCCCC(O)=S.OCC(CO)(CO)CO. The van der Waals surface area contributed by atoms with Crippen molar-refractivity contribution < 1.29 is 40.9 Å². The molecule has 0 aromatic carbocycles. The van der Waals surface area contributed by atoms with Crippen LogP contribution in [-0.2, 0) is 0 Å². The van der Waals surface area contributed by atoms with Gasteiger partial charge in [-0.1, -0.05) is 287 Å². The summed E-state index contributed by atoms with van der Waals surface area (Å²) >= 11 is 18.6. The van der Waals surface area contributed by atoms with E-state index in [9.17, 15) is 0 Å². The first-order valence-corrected chi connectivity index (χ1v) is 34.0. The van der Waals surface area contributed by atoms with Crippen LogP contribution in [0.25, 0.3) is 0 Å². The van der Waals surface area contributed by atoms with Crippen molar-refractivity contribution in [3.8, 4) is 0 Å². The lowest BCUT2D eigenvalue weighted by Crippen LogP contribution is -2.37. The average molecular weight is 1170 g/mol. The van der Waals surface area contributed by atoms with Gasteiger partial charge in [0.1, 0.15) is 0 Å². The Kier molecular flexibility index (Phi) is 77.1. The zero-order valence-electron chi connectivity index (χ0n) is 52.0. The molecule has 4 atom stereocenters. The van der Waals surface area contributed by atoms with Crippen LogP contribution in [0.3, 0.4) is 0 Å². The number of hydrogen-bond donors (Lipinski definition) is 8. The van der Waals surface area contributed by atoms with E-state index in [2.05, 4.69) is 104 Å². The Labute approximate surface area is 500 Å². The second-order valence-corrected chi connectivity index (χ2v) is 24.5. The van der Waals surface area contributed by atoms with E-state index in [-0.39, 0.29) is 20.2 Å². The van der Waals surface area contributed by atoms with Gasteiger partial charge in [-0.3, -0.25) is 0 Å². The Bertz CT molecular complexity index is 1030. The molecule has 4 unspecified atom stereocenters. The second-order valence-electron chi connectivity index (χ2n) is 22.6. The molecule has 0 aliphatic heterocycles. The maximum atomic E-state index is 8.87. The number of thiocarbonyl (C=S) groups is 4. The molecule has 0 aliphatic rings. The number of hydrogen-bond acceptors (Lipinski definition) is 8. The molecule has 0 radical (unpaired) electrons. The number of aliphatic hydroxyl groups excluding tert-OH is 8. The fourth-order valence-electron chi connectivity index (χ4n) is 9.44. The van der Waals surface area contributed by atoms with E-state index >= 15 is 0 Å². The highest BCUT2D eigenvalue weighted by atomic mass is 32.1. The highest BCUT2D eigenvalue weighted by molar-refractivity contribution is 7.80. The molecule has 0 bridgehead atoms. The molecule has 0 saturated heterocycles. The van der Waals surface area contributed by atoms with Crippen molar-refractivity contribution >= 4 is 69.1 Å². The summed E-state index contributed by atoms with van der Waals surface area (Å²) in [5, 5.41) is 70.2. The lowest BCUT2D eigenvalue weighted by Gasteiger charge is -2.23. The first-order valence-electron chi connectivity index (χ1n) is 32.4. The molecular weight excluding hydrogens is 1040 g/mol. The minimum atomic E-state index is -1.11. The van der Waals surface area contributed by atoms with Gasteiger partial charge in [0.25, 0.3) is 0 Å². The van der Waals surface area contributed by atoms with E-state index < -0.39 is 31.8 Å². The standard InChI is InChI=1S/4C15H30OS.C5H12O4/c4*1-3-5-11-14(4-2)12-9-7-6-8-10-13-15(16)17;6-1-5(2-7,3-8)4-9/h4*14H,3-13H2,1-2H3,(H,16,17);6-9H,1-4H2. The predicted molar refractivity (Wildman–Crippen MR) is 354 cm³/mol. The molecule has 77 heavy (non-hydrogen) atoms. The minimum absolute atomic E-state index is 0.176. The third kappa shape index (κ3) is 71.5. The van der Waals surface area contributed by atoms with Crippen molar-refractivity contribution in [2.45, 2.75) is 338 Å². The highest BCUT2D eigenvalue weighted by Gasteiger charge is 2.26. The summed E-state index contributed by atoms with van der Waals surface area (Å²) in [5.74, 6) is 3.83. The predicted octanol–water partition coefficient (Wildman–Crippen LogP) is 21.2. The second kappa shape index (κ2) is 69.7. The Morgan fingerprint density at radius 2 is 0.416 bits per heavy atom. The topological polar surface area (TPSA) is 162 Å². The molecule has 0 saturated carbocycles. The molecule has 0 spiro atoms. The van der Waals surface area contributed by atoms with E-state index in [0.717, 1.165) is 49.4 Å². The lowest BCUT2D eigenvalue weighted by atomic mass is 9.93. The Morgan fingerprint density at radius 1 is 0.260 bits per heavy atom. The van der Waals surface area contributed by atoms with Crippen LogP contribution in [0.5, 0.6) is 0 Å². The van der Waals surface area contributed by atoms with Crippen molar-refractivity contribution in [1.82, 2.24) is 0 Å². The van der Waals surface area contributed by atoms with Gasteiger partial charge in [0.15, 0.2) is 20.2 Å². The maximum Gasteiger partial charge on any atom is 0.156 e. The van der Waals surface area contributed by atoms with E-state index in [1.54, 1.807) is 0 Å². The monoisotopic (exact) mass is 1170 g/mol. The van der Waals surface area contributed by atoms with Crippen molar-refractivity contribution in [2.75, 3.05) is 26.4 Å². The van der Waals surface area contributed by atoms with Crippen LogP contribution in [0.15, 0.2) is 0 Å². The van der Waals surface area contributed by atoms with Gasteiger partial charge in [0, 0.05) is 25.7 Å². The van der Waals surface area contributed by atoms with Crippen molar-refractivity contribution in [1.29, 1.82) is 0 Å². The molecule has 0 aliphatic carbocycles. The zero-order valence-corrected chi connectivity index (χ0v) is 55.2. The largest absolute Gasteiger partial charge is 0.502 e. The van der Waals surface area contributed by atoms with Gasteiger partial charge in [0.05, 0.1) is 31.8 Å². The highest BCUT2D eigenvalue weighted by Crippen LogP contribution is 2.24. The molecule has 0 aromatic heterocycles. The van der Waals surface area contributed by atoms with Crippen LogP contribution in [-0.4, -0.2) is 87.5 Å². The summed E-state index contributed by atoms with van der Waals surface area (Å²) in [7, 11) is 0. The Morgan fingerprint density at radius 3 is 0.545 bits per heavy atom. The first-order chi connectivity index (χ1) is 37.1. The van der Waals surface area contributed by atoms with Gasteiger partial charge in [0.2, 0.25) is 0 Å². The smallest absolute Gasteiger partial charge is 0.156 e. The molecule has 464 valence electrons. The van der Waals surface area contributed by atoms with E-state index in [1.807, 2.05) is 0 Å². The number of rotatable bonds is 52. The zero-order chi connectivity index (χ0) is 59.1.